The first-order chi connectivity index (χ1) is 15.1. The quantitative estimate of drug-likeness (QED) is 0.494. The zero-order valence-electron chi connectivity index (χ0n) is 17.6. The third kappa shape index (κ3) is 5.99. The van der Waals surface area contributed by atoms with Gasteiger partial charge < -0.3 is 24.3 Å². The molecule has 31 heavy (non-hydrogen) atoms. The summed E-state index contributed by atoms with van der Waals surface area (Å²) in [7, 11) is 3.16. The number of carbonyl (C=O) groups excluding carboxylic acids is 1. The summed E-state index contributed by atoms with van der Waals surface area (Å²) in [5, 5.41) is 2.76. The van der Waals surface area contributed by atoms with Gasteiger partial charge in [-0.15, -0.1) is 0 Å². The number of pyridine rings is 1. The Kier molecular flexibility index (Phi) is 7.48. The summed E-state index contributed by atoms with van der Waals surface area (Å²) in [5.74, 6) is 2.54. The molecule has 0 bridgehead atoms. The highest BCUT2D eigenvalue weighted by molar-refractivity contribution is 6.01. The number of hydrogen-bond acceptors (Lipinski definition) is 6. The minimum Gasteiger partial charge on any atom is -0.493 e. The Morgan fingerprint density at radius 1 is 0.968 bits per heavy atom. The highest BCUT2D eigenvalue weighted by Gasteiger charge is 2.07. The number of ether oxygens (including phenoxy) is 4. The third-order valence-corrected chi connectivity index (χ3v) is 4.20. The average Bonchev–Trinajstić information content (AvgIpc) is 2.80. The van der Waals surface area contributed by atoms with Crippen molar-refractivity contribution >= 4 is 17.7 Å². The fourth-order valence-corrected chi connectivity index (χ4v) is 2.75. The lowest BCUT2D eigenvalue weighted by atomic mass is 10.2. The summed E-state index contributed by atoms with van der Waals surface area (Å²) in [6, 6.07) is 16.1. The molecule has 7 nitrogen and oxygen atoms in total. The van der Waals surface area contributed by atoms with E-state index in [2.05, 4.69) is 10.3 Å². The number of hydrogen-bond donors (Lipinski definition) is 1. The van der Waals surface area contributed by atoms with E-state index in [0.717, 1.165) is 5.56 Å². The molecular weight excluding hydrogens is 396 g/mol. The van der Waals surface area contributed by atoms with Gasteiger partial charge in [0, 0.05) is 12.1 Å². The maximum Gasteiger partial charge on any atom is 0.248 e. The van der Waals surface area contributed by atoms with Crippen LogP contribution in [0.2, 0.25) is 0 Å². The Morgan fingerprint density at radius 2 is 1.71 bits per heavy atom. The molecule has 1 heterocycles. The number of amides is 1. The number of methoxy groups -OCH3 is 2. The van der Waals surface area contributed by atoms with Crippen LogP contribution in [-0.4, -0.2) is 31.7 Å². The lowest BCUT2D eigenvalue weighted by Crippen LogP contribution is -2.08. The number of para-hydroxylation sites is 2. The predicted octanol–water partition coefficient (Wildman–Crippen LogP) is 4.94. The van der Waals surface area contributed by atoms with E-state index in [1.54, 1.807) is 50.6 Å². The molecule has 3 rings (SSSR count). The van der Waals surface area contributed by atoms with Crippen molar-refractivity contribution in [3.05, 3.63) is 72.4 Å². The van der Waals surface area contributed by atoms with E-state index in [0.29, 0.717) is 41.2 Å². The monoisotopic (exact) mass is 420 g/mol. The van der Waals surface area contributed by atoms with Gasteiger partial charge in [0.2, 0.25) is 11.8 Å². The Bertz CT molecular complexity index is 1050. The summed E-state index contributed by atoms with van der Waals surface area (Å²) in [5.41, 5.74) is 1.37. The second kappa shape index (κ2) is 10.7. The van der Waals surface area contributed by atoms with Crippen molar-refractivity contribution in [2.75, 3.05) is 26.1 Å². The van der Waals surface area contributed by atoms with E-state index in [1.807, 2.05) is 31.2 Å². The Hall–Kier alpha value is -4.00. The van der Waals surface area contributed by atoms with E-state index in [-0.39, 0.29) is 5.91 Å². The van der Waals surface area contributed by atoms with E-state index >= 15 is 0 Å². The first-order valence-corrected chi connectivity index (χ1v) is 9.69. The molecule has 0 aliphatic heterocycles. The van der Waals surface area contributed by atoms with Gasteiger partial charge in [-0.05, 0) is 48.9 Å². The molecule has 0 aliphatic carbocycles. The standard InChI is InChI=1S/C24H24N2O5/c1-4-30-22-15-17(9-12-20(22)29-3)10-13-23(27)26-18-11-14-24(25-16-18)31-21-8-6-5-7-19(21)28-2/h5-16H,4H2,1-3H3,(H,26,27)/b13-10+. The summed E-state index contributed by atoms with van der Waals surface area (Å²) >= 11 is 0. The van der Waals surface area contributed by atoms with Crippen molar-refractivity contribution in [1.29, 1.82) is 0 Å². The minimum absolute atomic E-state index is 0.283. The van der Waals surface area contributed by atoms with Crippen LogP contribution in [0.15, 0.2) is 66.9 Å². The van der Waals surface area contributed by atoms with Crippen LogP contribution in [0.25, 0.3) is 6.08 Å². The van der Waals surface area contributed by atoms with Gasteiger partial charge in [0.15, 0.2) is 23.0 Å². The zero-order valence-corrected chi connectivity index (χ0v) is 17.6. The second-order valence-corrected chi connectivity index (χ2v) is 6.30. The van der Waals surface area contributed by atoms with Gasteiger partial charge in [0.05, 0.1) is 32.7 Å². The second-order valence-electron chi connectivity index (χ2n) is 6.30. The molecular formula is C24H24N2O5. The lowest BCUT2D eigenvalue weighted by molar-refractivity contribution is -0.111. The van der Waals surface area contributed by atoms with Crippen LogP contribution in [0.5, 0.6) is 28.9 Å². The van der Waals surface area contributed by atoms with Crippen molar-refractivity contribution in [3.63, 3.8) is 0 Å². The number of carbonyl (C=O) groups is 1. The predicted molar refractivity (Wildman–Crippen MR) is 119 cm³/mol. The molecule has 0 saturated heterocycles. The number of nitrogens with one attached hydrogen (secondary N) is 1. The van der Waals surface area contributed by atoms with Crippen LogP contribution < -0.4 is 24.3 Å². The highest BCUT2D eigenvalue weighted by atomic mass is 16.5. The number of rotatable bonds is 9. The number of benzene rings is 2. The number of aromatic nitrogens is 1. The van der Waals surface area contributed by atoms with E-state index < -0.39 is 0 Å². The molecule has 0 unspecified atom stereocenters. The fraction of sp³-hybridized carbons (Fsp3) is 0.167. The molecule has 0 atom stereocenters. The van der Waals surface area contributed by atoms with Crippen molar-refractivity contribution in [2.45, 2.75) is 6.92 Å². The van der Waals surface area contributed by atoms with Gasteiger partial charge in [0.1, 0.15) is 0 Å². The summed E-state index contributed by atoms with van der Waals surface area (Å²) in [4.78, 5) is 16.5. The largest absolute Gasteiger partial charge is 0.493 e. The molecule has 3 aromatic rings. The molecule has 0 fully saturated rings. The van der Waals surface area contributed by atoms with Crippen LogP contribution in [0.4, 0.5) is 5.69 Å². The molecule has 2 aromatic carbocycles. The highest BCUT2D eigenvalue weighted by Crippen LogP contribution is 2.30. The average molecular weight is 420 g/mol. The molecule has 1 amide bonds. The summed E-state index contributed by atoms with van der Waals surface area (Å²) < 4.78 is 21.8. The molecule has 0 spiro atoms. The van der Waals surface area contributed by atoms with Crippen molar-refractivity contribution < 1.29 is 23.7 Å². The van der Waals surface area contributed by atoms with Crippen molar-refractivity contribution in [1.82, 2.24) is 4.98 Å². The van der Waals surface area contributed by atoms with Crippen LogP contribution in [0.1, 0.15) is 12.5 Å². The Balaban J connectivity index is 1.61. The molecule has 0 aliphatic rings. The van der Waals surface area contributed by atoms with Crippen LogP contribution in [0, 0.1) is 0 Å². The smallest absolute Gasteiger partial charge is 0.248 e. The summed E-state index contributed by atoms with van der Waals surface area (Å²) in [6.45, 7) is 2.42. The third-order valence-electron chi connectivity index (χ3n) is 4.20. The van der Waals surface area contributed by atoms with E-state index in [9.17, 15) is 4.79 Å². The maximum atomic E-state index is 12.2. The van der Waals surface area contributed by atoms with Gasteiger partial charge >= 0.3 is 0 Å². The van der Waals surface area contributed by atoms with Crippen LogP contribution in [-0.2, 0) is 4.79 Å². The number of anilines is 1. The van der Waals surface area contributed by atoms with Gasteiger partial charge in [-0.1, -0.05) is 18.2 Å². The first kappa shape index (κ1) is 21.7. The topological polar surface area (TPSA) is 78.9 Å². The van der Waals surface area contributed by atoms with Crippen LogP contribution >= 0.6 is 0 Å². The van der Waals surface area contributed by atoms with Gasteiger partial charge in [-0.3, -0.25) is 4.79 Å². The number of nitrogens with zero attached hydrogens (tertiary/aromatic N) is 1. The lowest BCUT2D eigenvalue weighted by Gasteiger charge is -2.10. The van der Waals surface area contributed by atoms with Crippen LogP contribution in [0.3, 0.4) is 0 Å². The molecule has 1 aromatic heterocycles. The molecule has 1 N–H and O–H groups in total. The minimum atomic E-state index is -0.283. The Morgan fingerprint density at radius 3 is 2.39 bits per heavy atom. The Labute approximate surface area is 181 Å². The molecule has 7 heteroatoms. The van der Waals surface area contributed by atoms with Gasteiger partial charge in [0.25, 0.3) is 0 Å². The first-order valence-electron chi connectivity index (χ1n) is 9.69. The maximum absolute atomic E-state index is 12.2. The molecule has 0 saturated carbocycles. The normalized spacial score (nSPS) is 10.5. The molecule has 160 valence electrons. The SMILES string of the molecule is CCOc1cc(/C=C/C(=O)Nc2ccc(Oc3ccccc3OC)nc2)ccc1OC. The van der Waals surface area contributed by atoms with Gasteiger partial charge in [-0.25, -0.2) is 4.98 Å². The van der Waals surface area contributed by atoms with Crippen molar-refractivity contribution in [3.8, 4) is 28.9 Å². The van der Waals surface area contributed by atoms with Crippen molar-refractivity contribution in [2.24, 2.45) is 0 Å². The zero-order chi connectivity index (χ0) is 22.1. The molecule has 0 radical (unpaired) electrons. The van der Waals surface area contributed by atoms with Gasteiger partial charge in [-0.2, -0.15) is 0 Å². The fourth-order valence-electron chi connectivity index (χ4n) is 2.75. The summed E-state index contributed by atoms with van der Waals surface area (Å²) in [6.07, 6.45) is 4.66. The van der Waals surface area contributed by atoms with E-state index in [4.69, 9.17) is 18.9 Å². The van der Waals surface area contributed by atoms with E-state index in [1.165, 1.54) is 12.3 Å².